The van der Waals surface area contributed by atoms with Gasteiger partial charge in [-0.2, -0.15) is 0 Å². The average molecular weight is 390 g/mol. The number of hydrogen-bond acceptors (Lipinski definition) is 4. The third-order valence-electron chi connectivity index (χ3n) is 3.55. The van der Waals surface area contributed by atoms with Crippen molar-refractivity contribution in [3.8, 4) is 5.75 Å². The van der Waals surface area contributed by atoms with Crippen LogP contribution in [0.25, 0.3) is 0 Å². The summed E-state index contributed by atoms with van der Waals surface area (Å²) in [5.41, 5.74) is 5.55. The smallest absolute Gasteiger partial charge is 0.279 e. The fourth-order valence-electron chi connectivity index (χ4n) is 2.02. The summed E-state index contributed by atoms with van der Waals surface area (Å²) in [6, 6.07) is 12.9. The quantitative estimate of drug-likeness (QED) is 0.662. The average Bonchev–Trinajstić information content (AvgIpc) is 2.68. The van der Waals surface area contributed by atoms with Crippen LogP contribution in [0.4, 0.5) is 5.69 Å². The summed E-state index contributed by atoms with van der Waals surface area (Å²) in [4.78, 5) is 35.5. The Hall–Kier alpha value is -3.06. The summed E-state index contributed by atoms with van der Waals surface area (Å²) in [6.45, 7) is 3.30. The van der Waals surface area contributed by atoms with E-state index >= 15 is 0 Å². The number of carbonyl (C=O) groups is 3. The first-order valence-corrected chi connectivity index (χ1v) is 8.69. The number of benzene rings is 2. The standard InChI is InChI=1S/C19H20ClN3O4/c1-3-17(24)21-15-8-4-13(5-9-15)19(26)23-22-18(25)12(2)27-16-10-6-14(20)7-11-16/h4-12H,3H2,1-2H3,(H,21,24)(H,22,25)(H,23,26). The summed E-state index contributed by atoms with van der Waals surface area (Å²) >= 11 is 5.79. The molecule has 3 amide bonds. The van der Waals surface area contributed by atoms with E-state index in [-0.39, 0.29) is 5.91 Å². The number of rotatable bonds is 6. The Morgan fingerprint density at radius 2 is 1.63 bits per heavy atom. The van der Waals surface area contributed by atoms with Crippen LogP contribution in [0.1, 0.15) is 30.6 Å². The predicted octanol–water partition coefficient (Wildman–Crippen LogP) is 2.92. The highest BCUT2D eigenvalue weighted by atomic mass is 35.5. The molecule has 8 heteroatoms. The van der Waals surface area contributed by atoms with Gasteiger partial charge in [-0.15, -0.1) is 0 Å². The molecule has 1 unspecified atom stereocenters. The lowest BCUT2D eigenvalue weighted by Gasteiger charge is -2.15. The molecule has 0 aliphatic heterocycles. The zero-order valence-corrected chi connectivity index (χ0v) is 15.7. The van der Waals surface area contributed by atoms with Gasteiger partial charge in [0, 0.05) is 22.7 Å². The number of amides is 3. The van der Waals surface area contributed by atoms with Gasteiger partial charge < -0.3 is 10.1 Å². The van der Waals surface area contributed by atoms with Crippen LogP contribution in [0.3, 0.4) is 0 Å². The van der Waals surface area contributed by atoms with Gasteiger partial charge in [-0.25, -0.2) is 0 Å². The highest BCUT2D eigenvalue weighted by Crippen LogP contribution is 2.16. The molecular weight excluding hydrogens is 370 g/mol. The van der Waals surface area contributed by atoms with Crippen molar-refractivity contribution in [3.63, 3.8) is 0 Å². The van der Waals surface area contributed by atoms with E-state index in [2.05, 4.69) is 16.2 Å². The first-order valence-electron chi connectivity index (χ1n) is 8.31. The van der Waals surface area contributed by atoms with Gasteiger partial charge >= 0.3 is 0 Å². The van der Waals surface area contributed by atoms with E-state index in [4.69, 9.17) is 16.3 Å². The number of carbonyl (C=O) groups excluding carboxylic acids is 3. The second-order valence-corrected chi connectivity index (χ2v) is 6.07. The Kier molecular flexibility index (Phi) is 7.19. The topological polar surface area (TPSA) is 96.5 Å². The predicted molar refractivity (Wildman–Crippen MR) is 103 cm³/mol. The van der Waals surface area contributed by atoms with Crippen molar-refractivity contribution in [1.29, 1.82) is 0 Å². The van der Waals surface area contributed by atoms with Crippen molar-refractivity contribution in [1.82, 2.24) is 10.9 Å². The van der Waals surface area contributed by atoms with E-state index in [1.165, 1.54) is 0 Å². The number of anilines is 1. The Balaban J connectivity index is 1.84. The van der Waals surface area contributed by atoms with E-state index in [9.17, 15) is 14.4 Å². The molecule has 27 heavy (non-hydrogen) atoms. The third-order valence-corrected chi connectivity index (χ3v) is 3.80. The molecule has 0 aliphatic rings. The molecule has 0 aliphatic carbocycles. The van der Waals surface area contributed by atoms with Crippen LogP contribution < -0.4 is 20.9 Å². The molecule has 0 heterocycles. The van der Waals surface area contributed by atoms with Crippen LogP contribution in [0.5, 0.6) is 5.75 Å². The molecule has 3 N–H and O–H groups in total. The summed E-state index contributed by atoms with van der Waals surface area (Å²) in [5.74, 6) is -0.632. The van der Waals surface area contributed by atoms with Gasteiger partial charge in [-0.3, -0.25) is 25.2 Å². The Morgan fingerprint density at radius 3 is 2.22 bits per heavy atom. The zero-order chi connectivity index (χ0) is 19.8. The zero-order valence-electron chi connectivity index (χ0n) is 14.9. The lowest BCUT2D eigenvalue weighted by molar-refractivity contribution is -0.128. The molecule has 0 aromatic heterocycles. The maximum atomic E-state index is 12.1. The first-order chi connectivity index (χ1) is 12.9. The summed E-state index contributed by atoms with van der Waals surface area (Å²) in [6.07, 6.45) is -0.456. The Labute approximate surface area is 162 Å². The van der Waals surface area contributed by atoms with Gasteiger partial charge in [-0.1, -0.05) is 18.5 Å². The maximum absolute atomic E-state index is 12.1. The number of nitrogens with one attached hydrogen (secondary N) is 3. The normalized spacial score (nSPS) is 11.2. The summed E-state index contributed by atoms with van der Waals surface area (Å²) in [5, 5.41) is 3.25. The largest absolute Gasteiger partial charge is 0.481 e. The molecule has 0 bridgehead atoms. The van der Waals surface area contributed by atoms with Crippen LogP contribution >= 0.6 is 11.6 Å². The van der Waals surface area contributed by atoms with Crippen LogP contribution in [0.2, 0.25) is 5.02 Å². The Bertz CT molecular complexity index is 807. The highest BCUT2D eigenvalue weighted by Gasteiger charge is 2.16. The lowest BCUT2D eigenvalue weighted by Crippen LogP contribution is -2.47. The lowest BCUT2D eigenvalue weighted by atomic mass is 10.2. The summed E-state index contributed by atoms with van der Waals surface area (Å²) in [7, 11) is 0. The number of ether oxygens (including phenoxy) is 1. The third kappa shape index (κ3) is 6.31. The second kappa shape index (κ2) is 9.59. The van der Waals surface area contributed by atoms with Crippen LogP contribution in [0, 0.1) is 0 Å². The van der Waals surface area contributed by atoms with Gasteiger partial charge in [0.15, 0.2) is 6.10 Å². The molecule has 2 rings (SSSR count). The van der Waals surface area contributed by atoms with Crippen molar-refractivity contribution in [2.75, 3.05) is 5.32 Å². The fourth-order valence-corrected chi connectivity index (χ4v) is 2.14. The van der Waals surface area contributed by atoms with Crippen molar-refractivity contribution in [2.45, 2.75) is 26.4 Å². The highest BCUT2D eigenvalue weighted by molar-refractivity contribution is 6.30. The number of hydrazine groups is 1. The van der Waals surface area contributed by atoms with Gasteiger partial charge in [0.05, 0.1) is 0 Å². The van der Waals surface area contributed by atoms with E-state index < -0.39 is 17.9 Å². The van der Waals surface area contributed by atoms with Crippen LogP contribution in [0.15, 0.2) is 48.5 Å². The number of hydrogen-bond donors (Lipinski definition) is 3. The molecular formula is C19H20ClN3O4. The number of halogens is 1. The Morgan fingerprint density at radius 1 is 1.00 bits per heavy atom. The molecule has 0 saturated carbocycles. The van der Waals surface area contributed by atoms with Crippen molar-refractivity contribution >= 4 is 35.0 Å². The van der Waals surface area contributed by atoms with Crippen LogP contribution in [-0.4, -0.2) is 23.8 Å². The molecule has 2 aromatic rings. The minimum atomic E-state index is -0.821. The van der Waals surface area contributed by atoms with E-state index in [0.29, 0.717) is 28.4 Å². The summed E-state index contributed by atoms with van der Waals surface area (Å²) < 4.78 is 5.47. The van der Waals surface area contributed by atoms with Crippen molar-refractivity contribution in [3.05, 3.63) is 59.1 Å². The molecule has 142 valence electrons. The molecule has 0 radical (unpaired) electrons. The molecule has 0 spiro atoms. The molecule has 0 fully saturated rings. The second-order valence-electron chi connectivity index (χ2n) is 5.64. The van der Waals surface area contributed by atoms with Gasteiger partial charge in [0.25, 0.3) is 11.8 Å². The van der Waals surface area contributed by atoms with Crippen molar-refractivity contribution in [2.24, 2.45) is 0 Å². The van der Waals surface area contributed by atoms with Crippen molar-refractivity contribution < 1.29 is 19.1 Å². The first kappa shape index (κ1) is 20.3. The van der Waals surface area contributed by atoms with Gasteiger partial charge in [0.2, 0.25) is 5.91 Å². The van der Waals surface area contributed by atoms with Crippen LogP contribution in [-0.2, 0) is 9.59 Å². The minimum absolute atomic E-state index is 0.117. The molecule has 2 aromatic carbocycles. The molecule has 1 atom stereocenters. The fraction of sp³-hybridized carbons (Fsp3) is 0.211. The van der Waals surface area contributed by atoms with Gasteiger partial charge in [-0.05, 0) is 55.5 Å². The van der Waals surface area contributed by atoms with E-state index in [1.54, 1.807) is 62.4 Å². The minimum Gasteiger partial charge on any atom is -0.481 e. The van der Waals surface area contributed by atoms with E-state index in [0.717, 1.165) is 0 Å². The monoisotopic (exact) mass is 389 g/mol. The van der Waals surface area contributed by atoms with E-state index in [1.807, 2.05) is 0 Å². The molecule has 0 saturated heterocycles. The van der Waals surface area contributed by atoms with Gasteiger partial charge in [0.1, 0.15) is 5.75 Å². The SMILES string of the molecule is CCC(=O)Nc1ccc(C(=O)NNC(=O)C(C)Oc2ccc(Cl)cc2)cc1. The maximum Gasteiger partial charge on any atom is 0.279 e. The molecule has 7 nitrogen and oxygen atoms in total.